The highest BCUT2D eigenvalue weighted by atomic mass is 16.5. The summed E-state index contributed by atoms with van der Waals surface area (Å²) in [6.45, 7) is 3.83. The molecule has 0 heterocycles. The fraction of sp³-hybridized carbons (Fsp3) is 0.364. The van der Waals surface area contributed by atoms with E-state index >= 15 is 0 Å². The van der Waals surface area contributed by atoms with E-state index in [1.54, 1.807) is 14.2 Å². The number of aldehydes is 2. The normalized spacial score (nSPS) is 12.2. The van der Waals surface area contributed by atoms with Crippen LogP contribution in [0.3, 0.4) is 0 Å². The zero-order valence-electron chi connectivity index (χ0n) is 16.0. The van der Waals surface area contributed by atoms with E-state index in [2.05, 4.69) is 0 Å². The van der Waals surface area contributed by atoms with Gasteiger partial charge in [0.05, 0.1) is 14.2 Å². The van der Waals surface area contributed by atoms with Crippen LogP contribution >= 0.6 is 0 Å². The second-order valence-electron chi connectivity index (χ2n) is 6.33. The maximum absolute atomic E-state index is 10.4. The molecule has 0 saturated carbocycles. The minimum absolute atomic E-state index is 0.0911. The molecule has 2 atom stereocenters. The molecular weight excluding hydrogens is 328 g/mol. The van der Waals surface area contributed by atoms with Crippen molar-refractivity contribution in [2.24, 2.45) is 11.8 Å². The predicted molar refractivity (Wildman–Crippen MR) is 104 cm³/mol. The second kappa shape index (κ2) is 11.9. The maximum atomic E-state index is 10.4. The van der Waals surface area contributed by atoms with Gasteiger partial charge in [-0.15, -0.1) is 0 Å². The lowest BCUT2D eigenvalue weighted by molar-refractivity contribution is -0.111. The van der Waals surface area contributed by atoms with Crippen molar-refractivity contribution in [2.75, 3.05) is 14.2 Å². The lowest BCUT2D eigenvalue weighted by Gasteiger charge is -2.04. The van der Waals surface area contributed by atoms with Crippen molar-refractivity contribution >= 4 is 12.6 Å². The number of carbonyl (C=O) groups is 2. The molecule has 2 unspecified atom stereocenters. The Morgan fingerprint density at radius 3 is 1.23 bits per heavy atom. The van der Waals surface area contributed by atoms with Crippen LogP contribution in [0.15, 0.2) is 48.5 Å². The third kappa shape index (κ3) is 7.97. The Morgan fingerprint density at radius 1 is 0.692 bits per heavy atom. The van der Waals surface area contributed by atoms with Crippen LogP contribution in [0, 0.1) is 11.8 Å². The van der Waals surface area contributed by atoms with Gasteiger partial charge in [0.2, 0.25) is 0 Å². The third-order valence-corrected chi connectivity index (χ3v) is 3.90. The first-order chi connectivity index (χ1) is 12.5. The molecule has 140 valence electrons. The summed E-state index contributed by atoms with van der Waals surface area (Å²) in [5.74, 6) is 1.88. The van der Waals surface area contributed by atoms with Gasteiger partial charge in [-0.1, -0.05) is 38.1 Å². The highest BCUT2D eigenvalue weighted by Gasteiger charge is 2.02. The average molecular weight is 356 g/mol. The third-order valence-electron chi connectivity index (χ3n) is 3.90. The molecule has 0 aliphatic rings. The lowest BCUT2D eigenvalue weighted by atomic mass is 10.0. The molecule has 2 rings (SSSR count). The van der Waals surface area contributed by atoms with E-state index in [-0.39, 0.29) is 11.8 Å². The molecule has 4 heteroatoms. The SMILES string of the molecule is COc1ccc(CC(C)C=O)cc1.COc1ccc(CC(C)C=O)cc1. The molecule has 0 N–H and O–H groups in total. The molecule has 0 aliphatic carbocycles. The fourth-order valence-corrected chi connectivity index (χ4v) is 2.36. The Kier molecular flexibility index (Phi) is 9.77. The van der Waals surface area contributed by atoms with Crippen LogP contribution in [0.2, 0.25) is 0 Å². The summed E-state index contributed by atoms with van der Waals surface area (Å²) in [7, 11) is 3.28. The monoisotopic (exact) mass is 356 g/mol. The molecule has 0 aliphatic heterocycles. The van der Waals surface area contributed by atoms with Crippen molar-refractivity contribution in [3.05, 3.63) is 59.7 Å². The molecule has 0 fully saturated rings. The highest BCUT2D eigenvalue weighted by molar-refractivity contribution is 5.54. The molecule has 0 radical (unpaired) electrons. The van der Waals surface area contributed by atoms with Crippen molar-refractivity contribution in [1.29, 1.82) is 0 Å². The van der Waals surface area contributed by atoms with Crippen molar-refractivity contribution in [1.82, 2.24) is 0 Å². The standard InChI is InChI=1S/2C11H14O2/c2*1-9(8-12)7-10-3-5-11(13-2)6-4-10/h2*3-6,8-9H,7H2,1-2H3. The van der Waals surface area contributed by atoms with E-state index in [9.17, 15) is 9.59 Å². The highest BCUT2D eigenvalue weighted by Crippen LogP contribution is 2.14. The van der Waals surface area contributed by atoms with Gasteiger partial charge in [-0.05, 0) is 48.2 Å². The number of carbonyl (C=O) groups excluding carboxylic acids is 2. The van der Waals surface area contributed by atoms with Gasteiger partial charge in [-0.25, -0.2) is 0 Å². The average Bonchev–Trinajstić information content (AvgIpc) is 2.69. The smallest absolute Gasteiger partial charge is 0.123 e. The van der Waals surface area contributed by atoms with Crippen molar-refractivity contribution < 1.29 is 19.1 Å². The molecule has 2 aromatic rings. The number of rotatable bonds is 8. The van der Waals surface area contributed by atoms with Crippen LogP contribution in [-0.2, 0) is 22.4 Å². The van der Waals surface area contributed by atoms with E-state index < -0.39 is 0 Å². The number of ether oxygens (including phenoxy) is 2. The summed E-state index contributed by atoms with van der Waals surface area (Å²) < 4.78 is 10.1. The summed E-state index contributed by atoms with van der Waals surface area (Å²) in [6, 6.07) is 15.6. The summed E-state index contributed by atoms with van der Waals surface area (Å²) in [5.41, 5.74) is 2.33. The molecule has 2 aromatic carbocycles. The summed E-state index contributed by atoms with van der Waals surface area (Å²) >= 11 is 0. The molecule has 0 spiro atoms. The second-order valence-corrected chi connectivity index (χ2v) is 6.33. The Morgan fingerprint density at radius 2 is 1.00 bits per heavy atom. The number of hydrogen-bond donors (Lipinski definition) is 0. The molecular formula is C22H28O4. The van der Waals surface area contributed by atoms with E-state index in [4.69, 9.17) is 9.47 Å². The van der Waals surface area contributed by atoms with Gasteiger partial charge in [0.25, 0.3) is 0 Å². The van der Waals surface area contributed by atoms with E-state index in [0.29, 0.717) is 0 Å². The molecule has 26 heavy (non-hydrogen) atoms. The Balaban J connectivity index is 0.000000260. The van der Waals surface area contributed by atoms with Crippen molar-refractivity contribution in [3.63, 3.8) is 0 Å². The molecule has 0 saturated heterocycles. The maximum Gasteiger partial charge on any atom is 0.123 e. The minimum atomic E-state index is 0.0911. The van der Waals surface area contributed by atoms with Crippen molar-refractivity contribution in [3.8, 4) is 11.5 Å². The molecule has 0 aromatic heterocycles. The van der Waals surface area contributed by atoms with E-state index in [0.717, 1.165) is 36.9 Å². The van der Waals surface area contributed by atoms with E-state index in [1.165, 1.54) is 11.1 Å². The first kappa shape index (κ1) is 21.4. The quantitative estimate of drug-likeness (QED) is 0.667. The Labute approximate surface area is 156 Å². The molecule has 0 amide bonds. The summed E-state index contributed by atoms with van der Waals surface area (Å²) in [4.78, 5) is 20.8. The van der Waals surface area contributed by atoms with Gasteiger partial charge >= 0.3 is 0 Å². The molecule has 4 nitrogen and oxygen atoms in total. The van der Waals surface area contributed by atoms with Gasteiger partial charge in [0, 0.05) is 11.8 Å². The largest absolute Gasteiger partial charge is 0.497 e. The lowest BCUT2D eigenvalue weighted by Crippen LogP contribution is -2.00. The van der Waals surface area contributed by atoms with Crippen LogP contribution in [0.25, 0.3) is 0 Å². The van der Waals surface area contributed by atoms with Gasteiger partial charge < -0.3 is 19.1 Å². The van der Waals surface area contributed by atoms with Crippen LogP contribution in [-0.4, -0.2) is 26.8 Å². The fourth-order valence-electron chi connectivity index (χ4n) is 2.36. The van der Waals surface area contributed by atoms with Crippen LogP contribution in [0.1, 0.15) is 25.0 Å². The number of hydrogen-bond acceptors (Lipinski definition) is 4. The van der Waals surface area contributed by atoms with Gasteiger partial charge in [0.1, 0.15) is 24.1 Å². The first-order valence-electron chi connectivity index (χ1n) is 8.68. The van der Waals surface area contributed by atoms with Gasteiger partial charge in [-0.2, -0.15) is 0 Å². The molecule has 0 bridgehead atoms. The summed E-state index contributed by atoms with van der Waals surface area (Å²) in [6.07, 6.45) is 3.55. The van der Waals surface area contributed by atoms with E-state index in [1.807, 2.05) is 62.4 Å². The topological polar surface area (TPSA) is 52.6 Å². The van der Waals surface area contributed by atoms with Crippen LogP contribution in [0.4, 0.5) is 0 Å². The zero-order chi connectivity index (χ0) is 19.4. The predicted octanol–water partition coefficient (Wildman–Crippen LogP) is 4.15. The minimum Gasteiger partial charge on any atom is -0.497 e. The van der Waals surface area contributed by atoms with Crippen molar-refractivity contribution in [2.45, 2.75) is 26.7 Å². The van der Waals surface area contributed by atoms with Gasteiger partial charge in [-0.3, -0.25) is 0 Å². The van der Waals surface area contributed by atoms with Crippen LogP contribution < -0.4 is 9.47 Å². The number of methoxy groups -OCH3 is 2. The first-order valence-corrected chi connectivity index (χ1v) is 8.68. The Bertz CT molecular complexity index is 587. The number of benzene rings is 2. The van der Waals surface area contributed by atoms with Gasteiger partial charge in [0.15, 0.2) is 0 Å². The van der Waals surface area contributed by atoms with Crippen LogP contribution in [0.5, 0.6) is 11.5 Å². The summed E-state index contributed by atoms with van der Waals surface area (Å²) in [5, 5.41) is 0. The Hall–Kier alpha value is -2.62. The zero-order valence-corrected chi connectivity index (χ0v) is 16.0.